The molecule has 1 aliphatic rings. The zero-order valence-electron chi connectivity index (χ0n) is 18.3. The average Bonchev–Trinajstić information content (AvgIpc) is 3.23. The molecule has 30 heavy (non-hydrogen) atoms. The van der Waals surface area contributed by atoms with Gasteiger partial charge in [0.05, 0.1) is 12.7 Å². The molecule has 1 amide bonds. The predicted octanol–water partition coefficient (Wildman–Crippen LogP) is 1.46. The topological polar surface area (TPSA) is 87.2 Å². The van der Waals surface area contributed by atoms with Gasteiger partial charge >= 0.3 is 0 Å². The quantitative estimate of drug-likeness (QED) is 0.173. The van der Waals surface area contributed by atoms with Gasteiger partial charge in [-0.25, -0.2) is 0 Å². The zero-order chi connectivity index (χ0) is 20.9. The first kappa shape index (κ1) is 26.6. The highest BCUT2D eigenvalue weighted by molar-refractivity contribution is 14.0. The van der Waals surface area contributed by atoms with Gasteiger partial charge in [-0.15, -0.1) is 24.0 Å². The molecular weight excluding hydrogens is 497 g/mol. The van der Waals surface area contributed by atoms with Crippen molar-refractivity contribution in [1.29, 1.82) is 0 Å². The molecule has 0 bridgehead atoms. The molecule has 2 rings (SSSR count). The summed E-state index contributed by atoms with van der Waals surface area (Å²) in [6, 6.07) is 7.63. The molecule has 1 unspecified atom stereocenters. The molecule has 1 heterocycles. The van der Waals surface area contributed by atoms with Gasteiger partial charge in [0.1, 0.15) is 0 Å². The second-order valence-corrected chi connectivity index (χ2v) is 7.32. The van der Waals surface area contributed by atoms with Crippen LogP contribution in [-0.4, -0.2) is 83.5 Å². The number of carbonyl (C=O) groups excluding carboxylic acids is 1. The van der Waals surface area contributed by atoms with Crippen LogP contribution in [0.5, 0.6) is 0 Å². The Hall–Kier alpha value is -1.43. The second-order valence-electron chi connectivity index (χ2n) is 7.32. The minimum absolute atomic E-state index is 0. The van der Waals surface area contributed by atoms with E-state index in [1.165, 1.54) is 0 Å². The Bertz CT molecular complexity index is 651. The van der Waals surface area contributed by atoms with Crippen LogP contribution in [0.2, 0.25) is 0 Å². The van der Waals surface area contributed by atoms with Gasteiger partial charge in [0.2, 0.25) is 0 Å². The number of rotatable bonds is 11. The van der Waals surface area contributed by atoms with Gasteiger partial charge in [-0.2, -0.15) is 0 Å². The van der Waals surface area contributed by atoms with E-state index >= 15 is 0 Å². The normalized spacial score (nSPS) is 16.3. The zero-order valence-corrected chi connectivity index (χ0v) is 20.6. The molecule has 1 aromatic rings. The van der Waals surface area contributed by atoms with Crippen molar-refractivity contribution >= 4 is 35.8 Å². The molecule has 0 saturated carbocycles. The molecule has 3 N–H and O–H groups in total. The van der Waals surface area contributed by atoms with E-state index in [-0.39, 0.29) is 36.0 Å². The SMILES string of the molecule is CN=C(NCCCOC1CCOC1)NCc1cccc(C(=O)NCCN(C)C)c1.I. The number of aliphatic imine (C=N–C) groups is 1. The van der Waals surface area contributed by atoms with Crippen LogP contribution < -0.4 is 16.0 Å². The lowest BCUT2D eigenvalue weighted by Crippen LogP contribution is -2.37. The molecule has 0 aromatic heterocycles. The Morgan fingerprint density at radius 2 is 2.10 bits per heavy atom. The fourth-order valence-corrected chi connectivity index (χ4v) is 2.90. The molecular formula is C21H36IN5O3. The van der Waals surface area contributed by atoms with Crippen molar-refractivity contribution in [3.8, 4) is 0 Å². The van der Waals surface area contributed by atoms with Gasteiger partial charge in [0.15, 0.2) is 5.96 Å². The summed E-state index contributed by atoms with van der Waals surface area (Å²) in [4.78, 5) is 18.5. The number of amides is 1. The molecule has 1 aliphatic heterocycles. The van der Waals surface area contributed by atoms with Crippen molar-refractivity contribution in [3.63, 3.8) is 0 Å². The largest absolute Gasteiger partial charge is 0.379 e. The molecule has 8 nitrogen and oxygen atoms in total. The number of hydrogen-bond acceptors (Lipinski definition) is 5. The van der Waals surface area contributed by atoms with Crippen molar-refractivity contribution in [3.05, 3.63) is 35.4 Å². The standard InChI is InChI=1S/C21H35N5O3.HI/c1-22-21(24-9-5-12-29-19-8-13-28-16-19)25-15-17-6-4-7-18(14-17)20(27)23-10-11-26(2)3;/h4,6-7,14,19H,5,8-13,15-16H2,1-3H3,(H,23,27)(H2,22,24,25);1H. The summed E-state index contributed by atoms with van der Waals surface area (Å²) in [6.07, 6.45) is 2.14. The second kappa shape index (κ2) is 15.4. The third-order valence-electron chi connectivity index (χ3n) is 4.57. The van der Waals surface area contributed by atoms with Crippen molar-refractivity contribution in [2.75, 3.05) is 60.6 Å². The van der Waals surface area contributed by atoms with E-state index in [9.17, 15) is 4.79 Å². The van der Waals surface area contributed by atoms with Gasteiger partial charge in [0, 0.05) is 52.0 Å². The molecule has 0 radical (unpaired) electrons. The maximum Gasteiger partial charge on any atom is 0.251 e. The first-order chi connectivity index (χ1) is 14.1. The summed E-state index contributed by atoms with van der Waals surface area (Å²) in [7, 11) is 5.71. The van der Waals surface area contributed by atoms with Crippen molar-refractivity contribution in [1.82, 2.24) is 20.9 Å². The van der Waals surface area contributed by atoms with Gasteiger partial charge in [-0.1, -0.05) is 12.1 Å². The highest BCUT2D eigenvalue weighted by atomic mass is 127. The lowest BCUT2D eigenvalue weighted by Gasteiger charge is -2.14. The number of benzene rings is 1. The van der Waals surface area contributed by atoms with Crippen LogP contribution in [0.25, 0.3) is 0 Å². The van der Waals surface area contributed by atoms with E-state index in [1.54, 1.807) is 7.05 Å². The summed E-state index contributed by atoms with van der Waals surface area (Å²) in [5.41, 5.74) is 1.69. The summed E-state index contributed by atoms with van der Waals surface area (Å²) >= 11 is 0. The van der Waals surface area contributed by atoms with Crippen LogP contribution >= 0.6 is 24.0 Å². The van der Waals surface area contributed by atoms with Crippen molar-refractivity contribution < 1.29 is 14.3 Å². The lowest BCUT2D eigenvalue weighted by molar-refractivity contribution is 0.0420. The van der Waals surface area contributed by atoms with Crippen molar-refractivity contribution in [2.24, 2.45) is 4.99 Å². The number of ether oxygens (including phenoxy) is 2. The summed E-state index contributed by atoms with van der Waals surface area (Å²) < 4.78 is 11.1. The Labute approximate surface area is 197 Å². The average molecular weight is 533 g/mol. The van der Waals surface area contributed by atoms with Crippen LogP contribution in [0.1, 0.15) is 28.8 Å². The highest BCUT2D eigenvalue weighted by Crippen LogP contribution is 2.08. The molecule has 9 heteroatoms. The first-order valence-electron chi connectivity index (χ1n) is 10.2. The molecule has 1 aromatic carbocycles. The smallest absolute Gasteiger partial charge is 0.251 e. The maximum atomic E-state index is 12.3. The Morgan fingerprint density at radius 1 is 1.27 bits per heavy atom. The summed E-state index contributed by atoms with van der Waals surface area (Å²) in [6.45, 7) is 5.04. The number of guanidine groups is 1. The van der Waals surface area contributed by atoms with Crippen LogP contribution in [0, 0.1) is 0 Å². The number of nitrogens with one attached hydrogen (secondary N) is 3. The molecule has 170 valence electrons. The molecule has 1 fully saturated rings. The van der Waals surface area contributed by atoms with Gasteiger partial charge < -0.3 is 30.3 Å². The fraction of sp³-hybridized carbons (Fsp3) is 0.619. The highest BCUT2D eigenvalue weighted by Gasteiger charge is 2.15. The number of hydrogen-bond donors (Lipinski definition) is 3. The van der Waals surface area contributed by atoms with Crippen LogP contribution in [-0.2, 0) is 16.0 Å². The monoisotopic (exact) mass is 533 g/mol. The molecule has 0 aliphatic carbocycles. The van der Waals surface area contributed by atoms with Crippen LogP contribution in [0.4, 0.5) is 0 Å². The van der Waals surface area contributed by atoms with E-state index in [4.69, 9.17) is 9.47 Å². The number of halogens is 1. The van der Waals surface area contributed by atoms with Gasteiger partial charge in [0.25, 0.3) is 5.91 Å². The maximum absolute atomic E-state index is 12.3. The van der Waals surface area contributed by atoms with Crippen LogP contribution in [0.3, 0.4) is 0 Å². The predicted molar refractivity (Wildman–Crippen MR) is 131 cm³/mol. The third kappa shape index (κ3) is 10.6. The van der Waals surface area contributed by atoms with Crippen LogP contribution in [0.15, 0.2) is 29.3 Å². The van der Waals surface area contributed by atoms with Crippen molar-refractivity contribution in [2.45, 2.75) is 25.5 Å². The first-order valence-corrected chi connectivity index (χ1v) is 10.2. The Kier molecular flexibility index (Phi) is 13.6. The van der Waals surface area contributed by atoms with Gasteiger partial charge in [-0.05, 0) is 44.6 Å². The van der Waals surface area contributed by atoms with E-state index in [0.29, 0.717) is 31.9 Å². The molecule has 1 atom stereocenters. The fourth-order valence-electron chi connectivity index (χ4n) is 2.90. The van der Waals surface area contributed by atoms with E-state index < -0.39 is 0 Å². The number of carbonyl (C=O) groups is 1. The summed E-state index contributed by atoms with van der Waals surface area (Å²) in [5.74, 6) is 0.680. The van der Waals surface area contributed by atoms with E-state index in [1.807, 2.05) is 43.3 Å². The Morgan fingerprint density at radius 3 is 2.80 bits per heavy atom. The van der Waals surface area contributed by atoms with E-state index in [0.717, 1.165) is 44.1 Å². The Balaban J connectivity index is 0.00000450. The molecule has 1 saturated heterocycles. The minimum atomic E-state index is -0.0520. The third-order valence-corrected chi connectivity index (χ3v) is 4.57. The summed E-state index contributed by atoms with van der Waals surface area (Å²) in [5, 5.41) is 9.50. The van der Waals surface area contributed by atoms with Gasteiger partial charge in [-0.3, -0.25) is 9.79 Å². The minimum Gasteiger partial charge on any atom is -0.379 e. The number of likely N-dealkylation sites (N-methyl/N-ethyl adjacent to an activating group) is 1. The molecule has 0 spiro atoms. The van der Waals surface area contributed by atoms with E-state index in [2.05, 4.69) is 20.9 Å². The lowest BCUT2D eigenvalue weighted by atomic mass is 10.1. The number of nitrogens with zero attached hydrogens (tertiary/aromatic N) is 2.